The molecule has 3 rings (SSSR count). The monoisotopic (exact) mass is 529 g/mol. The van der Waals surface area contributed by atoms with Crippen molar-refractivity contribution in [1.29, 1.82) is 0 Å². The van der Waals surface area contributed by atoms with E-state index >= 15 is 0 Å². The highest BCUT2D eigenvalue weighted by molar-refractivity contribution is 14.0. The number of likely N-dealkylation sites (tertiary alicyclic amines) is 1. The lowest BCUT2D eigenvalue weighted by atomic mass is 10.0. The van der Waals surface area contributed by atoms with Crippen LogP contribution >= 0.6 is 24.0 Å². The molecule has 0 spiro atoms. The lowest BCUT2D eigenvalue weighted by Crippen LogP contribution is -2.49. The molecule has 0 radical (unpaired) electrons. The van der Waals surface area contributed by atoms with Crippen LogP contribution in [0.1, 0.15) is 39.2 Å². The molecule has 0 bridgehead atoms. The van der Waals surface area contributed by atoms with Gasteiger partial charge in [-0.05, 0) is 58.4 Å². The zero-order chi connectivity index (χ0) is 20.6. The first-order valence-electron chi connectivity index (χ1n) is 11.2. The molecule has 7 nitrogen and oxygen atoms in total. The molecular weight excluding hydrogens is 489 g/mol. The van der Waals surface area contributed by atoms with Crippen LogP contribution in [-0.2, 0) is 6.54 Å². The topological polar surface area (TPSA) is 59.0 Å². The number of hydrogen-bond donors (Lipinski definition) is 2. The van der Waals surface area contributed by atoms with Gasteiger partial charge in [0.05, 0.1) is 6.54 Å². The fourth-order valence-corrected chi connectivity index (χ4v) is 4.01. The standard InChI is InChI=1S/C22H39N7.HI/c1-5-23-22(26-20-7-10-28(11-8-20)18(2)3)25-17-19-6-9-24-21(16-19)29-14-12-27(4)13-15-29;/h6,9,16,18,20H,5,7-8,10-15,17H2,1-4H3,(H2,23,25,26);1H. The highest BCUT2D eigenvalue weighted by Crippen LogP contribution is 2.16. The summed E-state index contributed by atoms with van der Waals surface area (Å²) in [5.74, 6) is 2.00. The number of halogens is 1. The summed E-state index contributed by atoms with van der Waals surface area (Å²) in [6.07, 6.45) is 4.26. The maximum atomic E-state index is 4.86. The van der Waals surface area contributed by atoms with E-state index < -0.39 is 0 Å². The minimum absolute atomic E-state index is 0. The Hall–Kier alpha value is -1.13. The summed E-state index contributed by atoms with van der Waals surface area (Å²) in [7, 11) is 2.18. The number of rotatable bonds is 6. The van der Waals surface area contributed by atoms with E-state index in [1.54, 1.807) is 0 Å². The van der Waals surface area contributed by atoms with Crippen LogP contribution in [0.2, 0.25) is 0 Å². The number of pyridine rings is 1. The number of anilines is 1. The van der Waals surface area contributed by atoms with Crippen LogP contribution in [0, 0.1) is 0 Å². The largest absolute Gasteiger partial charge is 0.357 e. The lowest BCUT2D eigenvalue weighted by Gasteiger charge is -2.35. The smallest absolute Gasteiger partial charge is 0.191 e. The molecule has 0 atom stereocenters. The van der Waals surface area contributed by atoms with Crippen molar-refractivity contribution < 1.29 is 0 Å². The molecule has 0 saturated carbocycles. The predicted molar refractivity (Wildman–Crippen MR) is 137 cm³/mol. The minimum atomic E-state index is 0. The van der Waals surface area contributed by atoms with Crippen molar-refractivity contribution in [2.75, 3.05) is 57.8 Å². The Morgan fingerprint density at radius 1 is 1.17 bits per heavy atom. The minimum Gasteiger partial charge on any atom is -0.357 e. The van der Waals surface area contributed by atoms with Crippen molar-refractivity contribution in [2.24, 2.45) is 4.99 Å². The average molecular weight is 530 g/mol. The van der Waals surface area contributed by atoms with Crippen LogP contribution in [0.4, 0.5) is 5.82 Å². The molecule has 170 valence electrons. The van der Waals surface area contributed by atoms with Gasteiger partial charge in [-0.2, -0.15) is 0 Å². The van der Waals surface area contributed by atoms with E-state index in [4.69, 9.17) is 4.99 Å². The van der Waals surface area contributed by atoms with Gasteiger partial charge in [-0.25, -0.2) is 9.98 Å². The SMILES string of the molecule is CCNC(=NCc1ccnc(N2CCN(C)CC2)c1)NC1CCN(C(C)C)CC1.I. The van der Waals surface area contributed by atoms with E-state index in [9.17, 15) is 0 Å². The third-order valence-corrected chi connectivity index (χ3v) is 6.00. The Labute approximate surface area is 199 Å². The molecule has 2 saturated heterocycles. The molecule has 2 N–H and O–H groups in total. The first-order chi connectivity index (χ1) is 14.0. The molecule has 30 heavy (non-hydrogen) atoms. The Balaban J connectivity index is 0.00000320. The Morgan fingerprint density at radius 2 is 1.87 bits per heavy atom. The van der Waals surface area contributed by atoms with E-state index in [0.717, 1.165) is 57.6 Å². The number of nitrogens with one attached hydrogen (secondary N) is 2. The molecule has 2 aliphatic heterocycles. The predicted octanol–water partition coefficient (Wildman–Crippen LogP) is 2.38. The average Bonchev–Trinajstić information content (AvgIpc) is 2.73. The van der Waals surface area contributed by atoms with Crippen LogP contribution in [0.3, 0.4) is 0 Å². The quantitative estimate of drug-likeness (QED) is 0.336. The van der Waals surface area contributed by atoms with E-state index in [2.05, 4.69) is 70.3 Å². The number of aromatic nitrogens is 1. The molecule has 3 heterocycles. The first-order valence-corrected chi connectivity index (χ1v) is 11.2. The summed E-state index contributed by atoms with van der Waals surface area (Å²) in [4.78, 5) is 16.7. The molecule has 0 unspecified atom stereocenters. The number of piperidine rings is 1. The third-order valence-electron chi connectivity index (χ3n) is 6.00. The lowest BCUT2D eigenvalue weighted by molar-refractivity contribution is 0.167. The van der Waals surface area contributed by atoms with Gasteiger partial charge in [-0.1, -0.05) is 0 Å². The summed E-state index contributed by atoms with van der Waals surface area (Å²) in [5.41, 5.74) is 1.21. The van der Waals surface area contributed by atoms with Gasteiger partial charge < -0.3 is 25.3 Å². The maximum absolute atomic E-state index is 4.86. The van der Waals surface area contributed by atoms with Crippen molar-refractivity contribution in [2.45, 2.75) is 52.2 Å². The van der Waals surface area contributed by atoms with Gasteiger partial charge in [0.2, 0.25) is 0 Å². The second-order valence-corrected chi connectivity index (χ2v) is 8.56. The molecule has 1 aromatic rings. The Bertz CT molecular complexity index is 651. The zero-order valence-electron chi connectivity index (χ0n) is 19.1. The van der Waals surface area contributed by atoms with Crippen molar-refractivity contribution in [3.8, 4) is 0 Å². The summed E-state index contributed by atoms with van der Waals surface area (Å²) >= 11 is 0. The van der Waals surface area contributed by atoms with Crippen LogP contribution in [0.5, 0.6) is 0 Å². The molecule has 0 aliphatic carbocycles. The normalized spacial score (nSPS) is 19.6. The number of hydrogen-bond acceptors (Lipinski definition) is 5. The van der Waals surface area contributed by atoms with Gasteiger partial charge in [0.25, 0.3) is 0 Å². The third kappa shape index (κ3) is 7.53. The second-order valence-electron chi connectivity index (χ2n) is 8.56. The van der Waals surface area contributed by atoms with Crippen LogP contribution in [0.15, 0.2) is 23.3 Å². The maximum Gasteiger partial charge on any atom is 0.191 e. The van der Waals surface area contributed by atoms with Gasteiger partial charge in [-0.3, -0.25) is 0 Å². The number of piperazine rings is 1. The van der Waals surface area contributed by atoms with E-state index in [1.165, 1.54) is 18.4 Å². The number of nitrogens with zero attached hydrogens (tertiary/aromatic N) is 5. The first kappa shape index (κ1) is 25.1. The fraction of sp³-hybridized carbons (Fsp3) is 0.727. The van der Waals surface area contributed by atoms with Gasteiger partial charge in [0, 0.05) is 64.1 Å². The van der Waals surface area contributed by atoms with E-state index in [0.29, 0.717) is 18.6 Å². The van der Waals surface area contributed by atoms with E-state index in [1.807, 2.05) is 6.20 Å². The zero-order valence-corrected chi connectivity index (χ0v) is 21.4. The number of guanidine groups is 1. The second kappa shape index (κ2) is 12.7. The van der Waals surface area contributed by atoms with Crippen LogP contribution in [-0.4, -0.2) is 85.7 Å². The summed E-state index contributed by atoms with van der Waals surface area (Å²) in [6.45, 7) is 14.8. The highest BCUT2D eigenvalue weighted by Gasteiger charge is 2.21. The fourth-order valence-electron chi connectivity index (χ4n) is 4.01. The highest BCUT2D eigenvalue weighted by atomic mass is 127. The Kier molecular flexibility index (Phi) is 10.6. The molecule has 0 amide bonds. The van der Waals surface area contributed by atoms with Crippen molar-refractivity contribution in [1.82, 2.24) is 25.4 Å². The van der Waals surface area contributed by atoms with Gasteiger partial charge in [0.15, 0.2) is 5.96 Å². The van der Waals surface area contributed by atoms with E-state index in [-0.39, 0.29) is 24.0 Å². The summed E-state index contributed by atoms with van der Waals surface area (Å²) in [6, 6.07) is 5.41. The van der Waals surface area contributed by atoms with Gasteiger partial charge in [-0.15, -0.1) is 24.0 Å². The molecule has 8 heteroatoms. The van der Waals surface area contributed by atoms with Gasteiger partial charge >= 0.3 is 0 Å². The molecule has 2 aliphatic rings. The summed E-state index contributed by atoms with van der Waals surface area (Å²) in [5, 5.41) is 7.06. The van der Waals surface area contributed by atoms with Crippen molar-refractivity contribution in [3.63, 3.8) is 0 Å². The number of likely N-dealkylation sites (N-methyl/N-ethyl adjacent to an activating group) is 1. The van der Waals surface area contributed by atoms with Crippen molar-refractivity contribution in [3.05, 3.63) is 23.9 Å². The molecule has 2 fully saturated rings. The molecule has 0 aromatic carbocycles. The Morgan fingerprint density at radius 3 is 2.50 bits per heavy atom. The van der Waals surface area contributed by atoms with Crippen molar-refractivity contribution >= 4 is 35.8 Å². The number of aliphatic imine (C=N–C) groups is 1. The van der Waals surface area contributed by atoms with Crippen LogP contribution < -0.4 is 15.5 Å². The summed E-state index contributed by atoms with van der Waals surface area (Å²) < 4.78 is 0. The molecular formula is C22H40IN7. The van der Waals surface area contributed by atoms with Gasteiger partial charge in [0.1, 0.15) is 5.82 Å². The van der Waals surface area contributed by atoms with Crippen LogP contribution in [0.25, 0.3) is 0 Å². The molecule has 1 aromatic heterocycles.